The number of halogens is 2. The first-order chi connectivity index (χ1) is 8.49. The first-order valence-electron chi connectivity index (χ1n) is 5.59. The average molecular weight is 307 g/mol. The number of H-pyrrole nitrogens is 1. The van der Waals surface area contributed by atoms with Crippen molar-refractivity contribution in [3.63, 3.8) is 0 Å². The van der Waals surface area contributed by atoms with Crippen molar-refractivity contribution in [3.05, 3.63) is 21.9 Å². The largest absolute Gasteiger partial charge is 0.481 e. The molecule has 5 nitrogen and oxygen atoms in total. The highest BCUT2D eigenvalue weighted by atomic mass is 35.5. The molecule has 0 saturated carbocycles. The molecule has 19 heavy (non-hydrogen) atoms. The Labute approximate surface area is 121 Å². The minimum atomic E-state index is -1.14. The molecule has 1 amide bonds. The second-order valence-corrected chi connectivity index (χ2v) is 6.14. The van der Waals surface area contributed by atoms with E-state index >= 15 is 0 Å². The molecule has 7 heteroatoms. The summed E-state index contributed by atoms with van der Waals surface area (Å²) in [5, 5.41) is 12.3. The molecule has 1 heterocycles. The highest BCUT2D eigenvalue weighted by molar-refractivity contribution is 6.41. The first-order valence-corrected chi connectivity index (χ1v) is 6.34. The van der Waals surface area contributed by atoms with Crippen LogP contribution in [-0.2, 0) is 4.79 Å². The normalized spacial score (nSPS) is 12.3. The summed E-state index contributed by atoms with van der Waals surface area (Å²) in [4.78, 5) is 25.9. The Morgan fingerprint density at radius 3 is 2.16 bits per heavy atom. The fraction of sp³-hybridized carbons (Fsp3) is 0.500. The monoisotopic (exact) mass is 306 g/mol. The Bertz CT molecular complexity index is 502. The molecule has 1 aromatic heterocycles. The second-order valence-electron chi connectivity index (χ2n) is 5.35. The van der Waals surface area contributed by atoms with Crippen LogP contribution in [0.4, 0.5) is 0 Å². The van der Waals surface area contributed by atoms with Crippen molar-refractivity contribution >= 4 is 35.1 Å². The van der Waals surface area contributed by atoms with Crippen molar-refractivity contribution in [1.82, 2.24) is 10.3 Å². The van der Waals surface area contributed by atoms with E-state index in [9.17, 15) is 14.7 Å². The van der Waals surface area contributed by atoms with E-state index in [1.165, 1.54) is 6.07 Å². The Morgan fingerprint density at radius 1 is 1.26 bits per heavy atom. The van der Waals surface area contributed by atoms with Crippen molar-refractivity contribution in [1.29, 1.82) is 0 Å². The third kappa shape index (κ3) is 3.04. The SMILES string of the molecule is CC(C)(NC(=O)c1cc(Cl)c(Cl)[nH]1)C(C)(C)C(=O)O. The lowest BCUT2D eigenvalue weighted by molar-refractivity contribution is -0.150. The van der Waals surface area contributed by atoms with Crippen molar-refractivity contribution in [2.45, 2.75) is 33.2 Å². The highest BCUT2D eigenvalue weighted by Gasteiger charge is 2.44. The number of carbonyl (C=O) groups is 2. The van der Waals surface area contributed by atoms with Crippen LogP contribution in [0.2, 0.25) is 10.2 Å². The number of carboxylic acid groups (broad SMARTS) is 1. The first kappa shape index (κ1) is 15.9. The molecule has 1 rings (SSSR count). The van der Waals surface area contributed by atoms with Gasteiger partial charge in [-0.05, 0) is 33.8 Å². The predicted octanol–water partition coefficient (Wildman–Crippen LogP) is 2.94. The fourth-order valence-electron chi connectivity index (χ4n) is 1.30. The van der Waals surface area contributed by atoms with Crippen LogP contribution in [0.5, 0.6) is 0 Å². The van der Waals surface area contributed by atoms with Crippen LogP contribution in [0.25, 0.3) is 0 Å². The van der Waals surface area contributed by atoms with Gasteiger partial charge in [-0.1, -0.05) is 23.2 Å². The number of hydrogen-bond donors (Lipinski definition) is 3. The van der Waals surface area contributed by atoms with Gasteiger partial charge in [0.05, 0.1) is 16.0 Å². The maximum Gasteiger partial charge on any atom is 0.311 e. The molecule has 0 aliphatic carbocycles. The van der Waals surface area contributed by atoms with E-state index < -0.39 is 22.8 Å². The Morgan fingerprint density at radius 2 is 1.79 bits per heavy atom. The summed E-state index contributed by atoms with van der Waals surface area (Å²) in [5.74, 6) is -1.46. The molecule has 106 valence electrons. The number of aromatic nitrogens is 1. The zero-order valence-corrected chi connectivity index (χ0v) is 12.6. The number of carbonyl (C=O) groups excluding carboxylic acids is 1. The van der Waals surface area contributed by atoms with Gasteiger partial charge in [0.25, 0.3) is 5.91 Å². The summed E-state index contributed by atoms with van der Waals surface area (Å²) < 4.78 is 0. The van der Waals surface area contributed by atoms with Crippen LogP contribution < -0.4 is 5.32 Å². The zero-order valence-electron chi connectivity index (χ0n) is 11.1. The molecule has 0 atom stereocenters. The van der Waals surface area contributed by atoms with Gasteiger partial charge < -0.3 is 15.4 Å². The van der Waals surface area contributed by atoms with Crippen molar-refractivity contribution in [2.75, 3.05) is 0 Å². The summed E-state index contributed by atoms with van der Waals surface area (Å²) in [6.07, 6.45) is 0. The van der Waals surface area contributed by atoms with E-state index in [1.807, 2.05) is 0 Å². The van der Waals surface area contributed by atoms with E-state index in [2.05, 4.69) is 10.3 Å². The van der Waals surface area contributed by atoms with Gasteiger partial charge in [-0.25, -0.2) is 0 Å². The van der Waals surface area contributed by atoms with Gasteiger partial charge in [-0.3, -0.25) is 9.59 Å². The van der Waals surface area contributed by atoms with Crippen LogP contribution in [0.15, 0.2) is 6.07 Å². The lowest BCUT2D eigenvalue weighted by atomic mass is 9.74. The Hall–Kier alpha value is -1.20. The number of hydrogen-bond acceptors (Lipinski definition) is 2. The maximum atomic E-state index is 12.0. The van der Waals surface area contributed by atoms with E-state index in [4.69, 9.17) is 23.2 Å². The Kier molecular flexibility index (Phi) is 4.22. The third-order valence-corrected chi connectivity index (χ3v) is 4.19. The van der Waals surface area contributed by atoms with Crippen LogP contribution >= 0.6 is 23.2 Å². The molecule has 0 spiro atoms. The van der Waals surface area contributed by atoms with Crippen molar-refractivity contribution in [2.24, 2.45) is 5.41 Å². The molecule has 0 aliphatic rings. The van der Waals surface area contributed by atoms with Gasteiger partial charge in [0.2, 0.25) is 0 Å². The summed E-state index contributed by atoms with van der Waals surface area (Å²) in [6, 6.07) is 1.39. The predicted molar refractivity (Wildman–Crippen MR) is 73.8 cm³/mol. The van der Waals surface area contributed by atoms with Crippen LogP contribution in [0.3, 0.4) is 0 Å². The molecule has 0 aliphatic heterocycles. The lowest BCUT2D eigenvalue weighted by Crippen LogP contribution is -2.57. The van der Waals surface area contributed by atoms with Gasteiger partial charge in [0.15, 0.2) is 0 Å². The molecule has 0 fully saturated rings. The molecule has 0 radical (unpaired) electrons. The number of carboxylic acids is 1. The lowest BCUT2D eigenvalue weighted by Gasteiger charge is -2.38. The fourth-order valence-corrected chi connectivity index (χ4v) is 1.61. The topological polar surface area (TPSA) is 82.2 Å². The van der Waals surface area contributed by atoms with Crippen LogP contribution in [-0.4, -0.2) is 27.5 Å². The number of rotatable bonds is 4. The molecule has 0 bridgehead atoms. The third-order valence-electron chi connectivity index (χ3n) is 3.49. The summed E-state index contributed by atoms with van der Waals surface area (Å²) >= 11 is 11.5. The number of nitrogens with one attached hydrogen (secondary N) is 2. The Balaban J connectivity index is 2.95. The van der Waals surface area contributed by atoms with E-state index in [0.717, 1.165) is 0 Å². The zero-order chi connectivity index (χ0) is 15.0. The number of amides is 1. The molecule has 1 aromatic rings. The van der Waals surface area contributed by atoms with Gasteiger partial charge in [-0.2, -0.15) is 0 Å². The van der Waals surface area contributed by atoms with Gasteiger partial charge >= 0.3 is 5.97 Å². The second kappa shape index (κ2) is 5.06. The van der Waals surface area contributed by atoms with E-state index in [0.29, 0.717) is 0 Å². The average Bonchev–Trinajstić information content (AvgIpc) is 2.58. The van der Waals surface area contributed by atoms with Crippen molar-refractivity contribution in [3.8, 4) is 0 Å². The molecule has 0 unspecified atom stereocenters. The number of aliphatic carboxylic acids is 1. The molecular formula is C12H16Cl2N2O3. The van der Waals surface area contributed by atoms with Gasteiger partial charge in [0, 0.05) is 0 Å². The van der Waals surface area contributed by atoms with E-state index in [-0.39, 0.29) is 15.9 Å². The molecule has 0 saturated heterocycles. The quantitative estimate of drug-likeness (QED) is 0.800. The minimum Gasteiger partial charge on any atom is -0.481 e. The summed E-state index contributed by atoms with van der Waals surface area (Å²) in [6.45, 7) is 6.38. The summed E-state index contributed by atoms with van der Waals surface area (Å²) in [7, 11) is 0. The molecule has 3 N–H and O–H groups in total. The minimum absolute atomic E-state index is 0.169. The maximum absolute atomic E-state index is 12.0. The van der Waals surface area contributed by atoms with Gasteiger partial charge in [0.1, 0.15) is 10.8 Å². The van der Waals surface area contributed by atoms with Crippen LogP contribution in [0.1, 0.15) is 38.2 Å². The van der Waals surface area contributed by atoms with Gasteiger partial charge in [-0.15, -0.1) is 0 Å². The van der Waals surface area contributed by atoms with E-state index in [1.54, 1.807) is 27.7 Å². The highest BCUT2D eigenvalue weighted by Crippen LogP contribution is 2.31. The molecular weight excluding hydrogens is 291 g/mol. The van der Waals surface area contributed by atoms with Crippen LogP contribution in [0, 0.1) is 5.41 Å². The molecule has 0 aromatic carbocycles. The summed E-state index contributed by atoms with van der Waals surface area (Å²) in [5.41, 5.74) is -1.91. The number of aromatic amines is 1. The van der Waals surface area contributed by atoms with Crippen molar-refractivity contribution < 1.29 is 14.7 Å². The standard InChI is InChI=1S/C12H16Cl2N2O3/c1-11(2,10(18)19)12(3,4)16-9(17)7-5-6(13)8(14)15-7/h5,15H,1-4H3,(H,16,17)(H,18,19). The smallest absolute Gasteiger partial charge is 0.311 e.